The normalized spacial score (nSPS) is 13.8. The van der Waals surface area contributed by atoms with Crippen LogP contribution in [0.25, 0.3) is 0 Å². The van der Waals surface area contributed by atoms with Crippen molar-refractivity contribution in [2.45, 2.75) is 12.5 Å². The first-order valence-electron chi connectivity index (χ1n) is 2.68. The standard InChI is InChI=1S/C6H6N4/c7-2-1-5(3-8)6(10)4-9/h5-6H,1,10H2. The van der Waals surface area contributed by atoms with Gasteiger partial charge in [-0.15, -0.1) is 0 Å². The van der Waals surface area contributed by atoms with E-state index in [-0.39, 0.29) is 6.42 Å². The van der Waals surface area contributed by atoms with E-state index in [1.807, 2.05) is 0 Å². The summed E-state index contributed by atoms with van der Waals surface area (Å²) in [5, 5.41) is 24.7. The van der Waals surface area contributed by atoms with Crippen molar-refractivity contribution in [2.75, 3.05) is 0 Å². The maximum absolute atomic E-state index is 8.33. The molecule has 0 bridgehead atoms. The highest BCUT2D eigenvalue weighted by molar-refractivity contribution is 5.04. The Bertz CT molecular complexity index is 213. The van der Waals surface area contributed by atoms with E-state index in [1.54, 1.807) is 18.2 Å². The summed E-state index contributed by atoms with van der Waals surface area (Å²) in [6.45, 7) is 0. The average molecular weight is 134 g/mol. The molecule has 4 nitrogen and oxygen atoms in total. The Morgan fingerprint density at radius 1 is 1.20 bits per heavy atom. The van der Waals surface area contributed by atoms with E-state index in [1.165, 1.54) is 0 Å². The largest absolute Gasteiger partial charge is 0.315 e. The third kappa shape index (κ3) is 2.13. The molecule has 0 aliphatic heterocycles. The van der Waals surface area contributed by atoms with Gasteiger partial charge >= 0.3 is 0 Å². The quantitative estimate of drug-likeness (QED) is 0.569. The molecule has 0 fully saturated rings. The Kier molecular flexibility index (Phi) is 3.64. The van der Waals surface area contributed by atoms with Crippen molar-refractivity contribution in [1.29, 1.82) is 15.8 Å². The molecular formula is C6H6N4. The van der Waals surface area contributed by atoms with Crippen molar-refractivity contribution in [3.63, 3.8) is 0 Å². The molecule has 4 heteroatoms. The fourth-order valence-corrected chi connectivity index (χ4v) is 0.441. The third-order valence-electron chi connectivity index (χ3n) is 1.06. The number of nitriles is 3. The Labute approximate surface area is 59.1 Å². The number of nitrogens with two attached hydrogens (primary N) is 1. The summed E-state index contributed by atoms with van der Waals surface area (Å²) in [5.74, 6) is -0.657. The van der Waals surface area contributed by atoms with Gasteiger partial charge < -0.3 is 5.73 Å². The zero-order valence-corrected chi connectivity index (χ0v) is 5.28. The minimum Gasteiger partial charge on any atom is -0.315 e. The molecule has 0 saturated heterocycles. The highest BCUT2D eigenvalue weighted by Gasteiger charge is 2.15. The van der Waals surface area contributed by atoms with Gasteiger partial charge in [-0.2, -0.15) is 15.8 Å². The summed E-state index contributed by atoms with van der Waals surface area (Å²) >= 11 is 0. The first-order chi connectivity index (χ1) is 4.76. The van der Waals surface area contributed by atoms with E-state index in [4.69, 9.17) is 21.5 Å². The van der Waals surface area contributed by atoms with Crippen LogP contribution in [-0.4, -0.2) is 6.04 Å². The molecule has 0 aromatic heterocycles. The zero-order valence-electron chi connectivity index (χ0n) is 5.28. The molecule has 0 radical (unpaired) electrons. The SMILES string of the molecule is N#CCC(C#N)C(N)C#N. The fraction of sp³-hybridized carbons (Fsp3) is 0.500. The summed E-state index contributed by atoms with van der Waals surface area (Å²) in [5.41, 5.74) is 5.18. The molecule has 0 aliphatic carbocycles. The molecule has 2 N–H and O–H groups in total. The van der Waals surface area contributed by atoms with Crippen molar-refractivity contribution in [3.05, 3.63) is 0 Å². The second-order valence-corrected chi connectivity index (χ2v) is 1.75. The topological polar surface area (TPSA) is 97.4 Å². The van der Waals surface area contributed by atoms with Gasteiger partial charge in [0.2, 0.25) is 0 Å². The molecule has 0 rings (SSSR count). The van der Waals surface area contributed by atoms with E-state index < -0.39 is 12.0 Å². The minimum atomic E-state index is -0.843. The second kappa shape index (κ2) is 4.32. The summed E-state index contributed by atoms with van der Waals surface area (Å²) in [6, 6.07) is 4.43. The first-order valence-corrected chi connectivity index (χ1v) is 2.68. The Morgan fingerprint density at radius 2 is 1.80 bits per heavy atom. The van der Waals surface area contributed by atoms with Crippen molar-refractivity contribution < 1.29 is 0 Å². The monoisotopic (exact) mass is 134 g/mol. The summed E-state index contributed by atoms with van der Waals surface area (Å²) in [4.78, 5) is 0. The van der Waals surface area contributed by atoms with Gasteiger partial charge in [0.1, 0.15) is 6.04 Å². The highest BCUT2D eigenvalue weighted by Crippen LogP contribution is 2.03. The van der Waals surface area contributed by atoms with E-state index in [9.17, 15) is 0 Å². The molecular weight excluding hydrogens is 128 g/mol. The summed E-state index contributed by atoms with van der Waals surface area (Å²) in [7, 11) is 0. The molecule has 0 amide bonds. The Balaban J connectivity index is 4.02. The van der Waals surface area contributed by atoms with Crippen LogP contribution in [0.1, 0.15) is 6.42 Å². The molecule has 50 valence electrons. The maximum Gasteiger partial charge on any atom is 0.110 e. The van der Waals surface area contributed by atoms with Crippen LogP contribution in [0, 0.1) is 39.9 Å². The van der Waals surface area contributed by atoms with Crippen LogP contribution in [0.3, 0.4) is 0 Å². The van der Waals surface area contributed by atoms with Crippen LogP contribution >= 0.6 is 0 Å². The van der Waals surface area contributed by atoms with Gasteiger partial charge in [0.25, 0.3) is 0 Å². The molecule has 0 aromatic carbocycles. The minimum absolute atomic E-state index is 0.0191. The third-order valence-corrected chi connectivity index (χ3v) is 1.06. The van der Waals surface area contributed by atoms with Crippen LogP contribution in [-0.2, 0) is 0 Å². The lowest BCUT2D eigenvalue weighted by molar-refractivity contribution is 0.610. The van der Waals surface area contributed by atoms with Crippen molar-refractivity contribution in [1.82, 2.24) is 0 Å². The van der Waals surface area contributed by atoms with E-state index >= 15 is 0 Å². The van der Waals surface area contributed by atoms with Gasteiger partial charge in [-0.3, -0.25) is 0 Å². The molecule has 0 spiro atoms. The van der Waals surface area contributed by atoms with Crippen LogP contribution in [0.5, 0.6) is 0 Å². The van der Waals surface area contributed by atoms with Gasteiger partial charge in [0.05, 0.1) is 30.5 Å². The predicted octanol–water partition coefficient (Wildman–Crippen LogP) is -0.109. The van der Waals surface area contributed by atoms with Crippen LogP contribution in [0.2, 0.25) is 0 Å². The molecule has 10 heavy (non-hydrogen) atoms. The van der Waals surface area contributed by atoms with Gasteiger partial charge in [-0.05, 0) is 0 Å². The molecule has 0 aliphatic rings. The van der Waals surface area contributed by atoms with Crippen molar-refractivity contribution in [3.8, 4) is 18.2 Å². The van der Waals surface area contributed by atoms with Crippen LogP contribution in [0.4, 0.5) is 0 Å². The van der Waals surface area contributed by atoms with Crippen molar-refractivity contribution >= 4 is 0 Å². The van der Waals surface area contributed by atoms with E-state index in [0.29, 0.717) is 0 Å². The molecule has 0 aromatic rings. The zero-order chi connectivity index (χ0) is 7.98. The fourth-order valence-electron chi connectivity index (χ4n) is 0.441. The van der Waals surface area contributed by atoms with Crippen molar-refractivity contribution in [2.24, 2.45) is 11.7 Å². The number of hydrogen-bond acceptors (Lipinski definition) is 4. The smallest absolute Gasteiger partial charge is 0.110 e. The van der Waals surface area contributed by atoms with Gasteiger partial charge in [-0.25, -0.2) is 0 Å². The van der Waals surface area contributed by atoms with Gasteiger partial charge in [0, 0.05) is 0 Å². The summed E-state index contributed by atoms with van der Waals surface area (Å²) in [6.07, 6.45) is 0.0191. The summed E-state index contributed by atoms with van der Waals surface area (Å²) < 4.78 is 0. The highest BCUT2D eigenvalue weighted by atomic mass is 14.6. The lowest BCUT2D eigenvalue weighted by atomic mass is 10.0. The second-order valence-electron chi connectivity index (χ2n) is 1.75. The van der Waals surface area contributed by atoms with Gasteiger partial charge in [0.15, 0.2) is 0 Å². The maximum atomic E-state index is 8.33. The molecule has 2 unspecified atom stereocenters. The molecule has 0 saturated carbocycles. The lowest BCUT2D eigenvalue weighted by Crippen LogP contribution is -2.26. The number of hydrogen-bond donors (Lipinski definition) is 1. The van der Waals surface area contributed by atoms with Crippen LogP contribution in [0.15, 0.2) is 0 Å². The Morgan fingerprint density at radius 3 is 2.10 bits per heavy atom. The van der Waals surface area contributed by atoms with Crippen LogP contribution < -0.4 is 5.73 Å². The molecule has 2 atom stereocenters. The molecule has 0 heterocycles. The number of rotatable bonds is 2. The lowest BCUT2D eigenvalue weighted by Gasteiger charge is -2.03. The average Bonchev–Trinajstić information content (AvgIpc) is 1.99. The first kappa shape index (κ1) is 8.43. The predicted molar refractivity (Wildman–Crippen MR) is 32.9 cm³/mol. The number of nitrogens with zero attached hydrogens (tertiary/aromatic N) is 3. The van der Waals surface area contributed by atoms with E-state index in [0.717, 1.165) is 0 Å². The van der Waals surface area contributed by atoms with Gasteiger partial charge in [-0.1, -0.05) is 0 Å². The van der Waals surface area contributed by atoms with E-state index in [2.05, 4.69) is 0 Å². The Hall–Kier alpha value is -1.57.